The monoisotopic (exact) mass is 418 g/mol. The summed E-state index contributed by atoms with van der Waals surface area (Å²) in [4.78, 5) is 29.7. The van der Waals surface area contributed by atoms with E-state index in [4.69, 9.17) is 0 Å². The second-order valence-electron chi connectivity index (χ2n) is 8.84. The summed E-state index contributed by atoms with van der Waals surface area (Å²) >= 11 is 0. The second kappa shape index (κ2) is 8.67. The molecule has 2 aromatic carbocycles. The summed E-state index contributed by atoms with van der Waals surface area (Å²) in [5.74, 6) is -1.23. The lowest BCUT2D eigenvalue weighted by Gasteiger charge is -2.27. The summed E-state index contributed by atoms with van der Waals surface area (Å²) in [5.41, 5.74) is 5.20. The van der Waals surface area contributed by atoms with E-state index in [2.05, 4.69) is 6.07 Å². The first-order valence-electron chi connectivity index (χ1n) is 11.0. The highest BCUT2D eigenvalue weighted by Gasteiger charge is 2.46. The predicted molar refractivity (Wildman–Crippen MR) is 122 cm³/mol. The van der Waals surface area contributed by atoms with Crippen molar-refractivity contribution in [3.63, 3.8) is 0 Å². The Hall–Kier alpha value is -2.92. The van der Waals surface area contributed by atoms with Crippen LogP contribution in [-0.4, -0.2) is 53.8 Å². The maximum Gasteiger partial charge on any atom is 0.295 e. The van der Waals surface area contributed by atoms with E-state index in [9.17, 15) is 14.7 Å². The highest BCUT2D eigenvalue weighted by molar-refractivity contribution is 6.46. The van der Waals surface area contributed by atoms with Crippen molar-refractivity contribution in [3.8, 4) is 0 Å². The smallest absolute Gasteiger partial charge is 0.295 e. The number of amides is 1. The Bertz CT molecular complexity index is 1050. The van der Waals surface area contributed by atoms with Gasteiger partial charge in [0.05, 0.1) is 11.6 Å². The standard InChI is InChI=1S/C26H30N2O3/c1-17-8-4-7-11-21(17)23-22(25(30)26(31)28(23)15-14-27(2)3)24(29)20-13-12-18-9-5-6-10-19(18)16-20/h4,7-8,11-13,16,23,29H,5-6,9-10,14-15H2,1-3H3/b24-22+. The number of likely N-dealkylation sites (N-methyl/N-ethyl adjacent to an activating group) is 1. The molecule has 5 heteroatoms. The zero-order valence-corrected chi connectivity index (χ0v) is 18.5. The van der Waals surface area contributed by atoms with E-state index in [1.54, 1.807) is 4.90 Å². The second-order valence-corrected chi connectivity index (χ2v) is 8.84. The van der Waals surface area contributed by atoms with Gasteiger partial charge < -0.3 is 14.9 Å². The molecule has 31 heavy (non-hydrogen) atoms. The van der Waals surface area contributed by atoms with Crippen molar-refractivity contribution in [1.29, 1.82) is 0 Å². The quantitative estimate of drug-likeness (QED) is 0.455. The number of nitrogens with zero attached hydrogens (tertiary/aromatic N) is 2. The number of carbonyl (C=O) groups is 2. The van der Waals surface area contributed by atoms with E-state index in [1.807, 2.05) is 62.3 Å². The maximum atomic E-state index is 13.1. The van der Waals surface area contributed by atoms with Crippen molar-refractivity contribution < 1.29 is 14.7 Å². The minimum Gasteiger partial charge on any atom is -0.507 e. The first-order chi connectivity index (χ1) is 14.9. The van der Waals surface area contributed by atoms with Crippen molar-refractivity contribution in [3.05, 3.63) is 75.9 Å². The van der Waals surface area contributed by atoms with Gasteiger partial charge in [-0.15, -0.1) is 0 Å². The number of ketones is 1. The Labute approximate surface area is 184 Å². The molecule has 5 nitrogen and oxygen atoms in total. The van der Waals surface area contributed by atoms with Crippen molar-refractivity contribution in [2.24, 2.45) is 0 Å². The third-order valence-electron chi connectivity index (χ3n) is 6.43. The number of hydrogen-bond donors (Lipinski definition) is 1. The first kappa shape index (κ1) is 21.3. The number of rotatable bonds is 5. The molecule has 2 aromatic rings. The lowest BCUT2D eigenvalue weighted by molar-refractivity contribution is -0.140. The molecule has 1 atom stereocenters. The maximum absolute atomic E-state index is 13.1. The normalized spacial score (nSPS) is 20.4. The van der Waals surface area contributed by atoms with E-state index < -0.39 is 17.7 Å². The zero-order chi connectivity index (χ0) is 22.1. The van der Waals surface area contributed by atoms with Crippen molar-refractivity contribution in [1.82, 2.24) is 9.80 Å². The van der Waals surface area contributed by atoms with Crippen LogP contribution >= 0.6 is 0 Å². The fourth-order valence-electron chi connectivity index (χ4n) is 4.67. The summed E-state index contributed by atoms with van der Waals surface area (Å²) in [6.07, 6.45) is 4.35. The Morgan fingerprint density at radius 2 is 1.77 bits per heavy atom. The van der Waals surface area contributed by atoms with Crippen LogP contribution in [0.4, 0.5) is 0 Å². The Morgan fingerprint density at radius 1 is 1.06 bits per heavy atom. The minimum atomic E-state index is -0.609. The summed E-state index contributed by atoms with van der Waals surface area (Å²) < 4.78 is 0. The Balaban J connectivity index is 1.84. The van der Waals surface area contributed by atoms with Crippen molar-refractivity contribution in [2.75, 3.05) is 27.2 Å². The minimum absolute atomic E-state index is 0.0765. The molecule has 1 saturated heterocycles. The highest BCUT2D eigenvalue weighted by atomic mass is 16.3. The molecule has 1 unspecified atom stereocenters. The largest absolute Gasteiger partial charge is 0.507 e. The van der Waals surface area contributed by atoms with Crippen LogP contribution in [0.25, 0.3) is 5.76 Å². The summed E-state index contributed by atoms with van der Waals surface area (Å²) in [6.45, 7) is 3.02. The lowest BCUT2D eigenvalue weighted by atomic mass is 9.88. The average Bonchev–Trinajstić information content (AvgIpc) is 3.01. The van der Waals surface area contributed by atoms with E-state index in [0.29, 0.717) is 18.7 Å². The molecule has 1 N–H and O–H groups in total. The number of aliphatic hydroxyl groups is 1. The fraction of sp³-hybridized carbons (Fsp3) is 0.385. The van der Waals surface area contributed by atoms with Crippen LogP contribution in [0.1, 0.15) is 46.7 Å². The molecule has 1 aliphatic heterocycles. The van der Waals surface area contributed by atoms with Gasteiger partial charge >= 0.3 is 0 Å². The topological polar surface area (TPSA) is 60.9 Å². The highest BCUT2D eigenvalue weighted by Crippen LogP contribution is 2.40. The number of hydrogen-bond acceptors (Lipinski definition) is 4. The number of fused-ring (bicyclic) bond motifs is 1. The third kappa shape index (κ3) is 4.02. The van der Waals surface area contributed by atoms with Gasteiger partial charge in [0.15, 0.2) is 0 Å². The molecular weight excluding hydrogens is 388 g/mol. The number of carbonyl (C=O) groups excluding carboxylic acids is 2. The number of benzene rings is 2. The summed E-state index contributed by atoms with van der Waals surface area (Å²) in [6, 6.07) is 13.1. The van der Waals surface area contributed by atoms with Crippen LogP contribution in [0.3, 0.4) is 0 Å². The Morgan fingerprint density at radius 3 is 2.48 bits per heavy atom. The van der Waals surface area contributed by atoms with Gasteiger partial charge in [0, 0.05) is 18.7 Å². The van der Waals surface area contributed by atoms with Crippen LogP contribution in [0.15, 0.2) is 48.0 Å². The van der Waals surface area contributed by atoms with E-state index in [0.717, 1.165) is 30.4 Å². The fourth-order valence-corrected chi connectivity index (χ4v) is 4.67. The molecule has 0 spiro atoms. The van der Waals surface area contributed by atoms with Gasteiger partial charge in [0.25, 0.3) is 11.7 Å². The molecule has 0 saturated carbocycles. The summed E-state index contributed by atoms with van der Waals surface area (Å²) in [5, 5.41) is 11.3. The molecule has 1 fully saturated rings. The Kier molecular flexibility index (Phi) is 5.96. The van der Waals surface area contributed by atoms with Crippen LogP contribution in [0.2, 0.25) is 0 Å². The van der Waals surface area contributed by atoms with Gasteiger partial charge in [-0.3, -0.25) is 9.59 Å². The van der Waals surface area contributed by atoms with E-state index in [-0.39, 0.29) is 11.3 Å². The molecule has 0 radical (unpaired) electrons. The van der Waals surface area contributed by atoms with Gasteiger partial charge in [0.1, 0.15) is 5.76 Å². The van der Waals surface area contributed by atoms with Gasteiger partial charge in [-0.1, -0.05) is 36.4 Å². The molecule has 1 aliphatic carbocycles. The van der Waals surface area contributed by atoms with Gasteiger partial charge in [0.2, 0.25) is 0 Å². The third-order valence-corrected chi connectivity index (χ3v) is 6.43. The predicted octanol–water partition coefficient (Wildman–Crippen LogP) is 3.86. The van der Waals surface area contributed by atoms with Crippen LogP contribution in [0, 0.1) is 6.92 Å². The number of Topliss-reactive ketones (excluding diaryl/α,β-unsaturated/α-hetero) is 1. The number of aryl methyl sites for hydroxylation is 3. The zero-order valence-electron chi connectivity index (χ0n) is 18.5. The molecule has 2 aliphatic rings. The van der Waals surface area contributed by atoms with Crippen molar-refractivity contribution in [2.45, 2.75) is 38.6 Å². The summed E-state index contributed by atoms with van der Waals surface area (Å²) in [7, 11) is 3.87. The van der Waals surface area contributed by atoms with Gasteiger partial charge in [-0.25, -0.2) is 0 Å². The molecule has 162 valence electrons. The molecule has 1 heterocycles. The molecule has 0 aromatic heterocycles. The SMILES string of the molecule is Cc1ccccc1C1/C(=C(\O)c2ccc3c(c2)CCCC3)C(=O)C(=O)N1CCN(C)C. The van der Waals surface area contributed by atoms with Crippen LogP contribution in [0.5, 0.6) is 0 Å². The van der Waals surface area contributed by atoms with Crippen molar-refractivity contribution >= 4 is 17.4 Å². The molecule has 4 rings (SSSR count). The number of likely N-dealkylation sites (tertiary alicyclic amines) is 1. The lowest BCUT2D eigenvalue weighted by Crippen LogP contribution is -2.35. The average molecular weight is 419 g/mol. The van der Waals surface area contributed by atoms with E-state index >= 15 is 0 Å². The van der Waals surface area contributed by atoms with Gasteiger partial charge in [-0.05, 0) is 75.0 Å². The van der Waals surface area contributed by atoms with Crippen LogP contribution < -0.4 is 0 Å². The molecular formula is C26H30N2O3. The molecule has 0 bridgehead atoms. The van der Waals surface area contributed by atoms with E-state index in [1.165, 1.54) is 17.5 Å². The van der Waals surface area contributed by atoms with Crippen LogP contribution in [-0.2, 0) is 22.4 Å². The van der Waals surface area contributed by atoms with Gasteiger partial charge in [-0.2, -0.15) is 0 Å². The first-order valence-corrected chi connectivity index (χ1v) is 11.0. The number of aliphatic hydroxyl groups excluding tert-OH is 1. The molecule has 1 amide bonds.